The monoisotopic (exact) mass is 140 g/mol. The van der Waals surface area contributed by atoms with Crippen LogP contribution in [-0.4, -0.2) is 37.7 Å². The molecule has 0 aromatic carbocycles. The molecule has 2 saturated heterocycles. The Hall–Kier alpha value is -0.0800. The minimum absolute atomic E-state index is 0.553. The Morgan fingerprint density at radius 1 is 1.50 bits per heavy atom. The first-order valence-corrected chi connectivity index (χ1v) is 3.94. The first-order valence-electron chi connectivity index (χ1n) is 3.94. The van der Waals surface area contributed by atoms with Gasteiger partial charge in [0.25, 0.3) is 0 Å². The number of hydrogen-bond donors (Lipinski definition) is 0. The molecule has 57 valence electrons. The van der Waals surface area contributed by atoms with Crippen molar-refractivity contribution in [1.29, 1.82) is 0 Å². The van der Waals surface area contributed by atoms with E-state index in [4.69, 9.17) is 4.74 Å². The highest BCUT2D eigenvalue weighted by molar-refractivity contribution is 4.94. The van der Waals surface area contributed by atoms with E-state index in [1.165, 1.54) is 19.5 Å². The molecule has 0 amide bonds. The highest BCUT2D eigenvalue weighted by Crippen LogP contribution is 2.36. The third kappa shape index (κ3) is 0.867. The van der Waals surface area contributed by atoms with Gasteiger partial charge in [0.05, 0.1) is 13.2 Å². The van der Waals surface area contributed by atoms with Crippen LogP contribution in [-0.2, 0) is 4.74 Å². The zero-order chi connectivity index (χ0) is 7.03. The van der Waals surface area contributed by atoms with Gasteiger partial charge in [-0.25, -0.2) is 0 Å². The van der Waals surface area contributed by atoms with Gasteiger partial charge in [-0.05, 0) is 26.4 Å². The Morgan fingerprint density at radius 2 is 2.30 bits per heavy atom. The van der Waals surface area contributed by atoms with E-state index >= 15 is 0 Å². The van der Waals surface area contributed by atoms with E-state index in [2.05, 4.69) is 11.8 Å². The molecule has 0 aliphatic carbocycles. The lowest BCUT2D eigenvalue weighted by Gasteiger charge is -2.37. The highest BCUT2D eigenvalue weighted by atomic mass is 16.5. The molecular formula is C8H14NO. The Bertz CT molecular complexity index is 131. The number of hydrogen-bond acceptors (Lipinski definition) is 2. The molecule has 1 radical (unpaired) electrons. The number of likely N-dealkylation sites (tertiary alicyclic amines) is 1. The van der Waals surface area contributed by atoms with Crippen LogP contribution in [0, 0.1) is 12.3 Å². The van der Waals surface area contributed by atoms with E-state index in [1.54, 1.807) is 0 Å². The fraction of sp³-hybridized carbons (Fsp3) is 0.875. The lowest BCUT2D eigenvalue weighted by molar-refractivity contribution is -0.104. The van der Waals surface area contributed by atoms with E-state index in [0.717, 1.165) is 19.8 Å². The maximum absolute atomic E-state index is 5.21. The predicted molar refractivity (Wildman–Crippen MR) is 39.7 cm³/mol. The molecule has 0 aromatic rings. The van der Waals surface area contributed by atoms with Gasteiger partial charge >= 0.3 is 0 Å². The molecule has 2 fully saturated rings. The van der Waals surface area contributed by atoms with Gasteiger partial charge < -0.3 is 9.64 Å². The number of rotatable bonds is 1. The summed E-state index contributed by atoms with van der Waals surface area (Å²) in [4.78, 5) is 2.41. The summed E-state index contributed by atoms with van der Waals surface area (Å²) in [6, 6.07) is 0. The van der Waals surface area contributed by atoms with Crippen molar-refractivity contribution in [2.75, 3.05) is 32.8 Å². The van der Waals surface area contributed by atoms with Crippen LogP contribution in [0.3, 0.4) is 0 Å². The van der Waals surface area contributed by atoms with E-state index in [9.17, 15) is 0 Å². The van der Waals surface area contributed by atoms with Gasteiger partial charge in [0.15, 0.2) is 0 Å². The van der Waals surface area contributed by atoms with Gasteiger partial charge in [-0.15, -0.1) is 0 Å². The van der Waals surface area contributed by atoms with E-state index in [-0.39, 0.29) is 0 Å². The standard InChI is InChI=1S/C8H14NO/c1-2-9-4-3-8(5-9)6-10-7-8/h1-7H2. The topological polar surface area (TPSA) is 12.5 Å². The summed E-state index contributed by atoms with van der Waals surface area (Å²) in [5.74, 6) is 0. The molecule has 0 N–H and O–H groups in total. The predicted octanol–water partition coefficient (Wildman–Crippen LogP) is 0.543. The minimum Gasteiger partial charge on any atom is -0.380 e. The summed E-state index contributed by atoms with van der Waals surface area (Å²) in [5, 5.41) is 0. The molecule has 0 atom stereocenters. The van der Waals surface area contributed by atoms with Gasteiger partial charge in [0.2, 0.25) is 0 Å². The van der Waals surface area contributed by atoms with Crippen molar-refractivity contribution in [2.45, 2.75) is 6.42 Å². The summed E-state index contributed by atoms with van der Waals surface area (Å²) in [6.45, 7) is 9.26. The fourth-order valence-corrected chi connectivity index (χ4v) is 1.84. The lowest BCUT2D eigenvalue weighted by atomic mass is 9.85. The summed E-state index contributed by atoms with van der Waals surface area (Å²) in [6.07, 6.45) is 1.32. The van der Waals surface area contributed by atoms with E-state index in [0.29, 0.717) is 5.41 Å². The highest BCUT2D eigenvalue weighted by Gasteiger charge is 2.43. The van der Waals surface area contributed by atoms with Crippen molar-refractivity contribution in [2.24, 2.45) is 5.41 Å². The van der Waals surface area contributed by atoms with Crippen molar-refractivity contribution in [3.63, 3.8) is 0 Å². The molecule has 1 spiro atoms. The minimum atomic E-state index is 0.553. The quantitative estimate of drug-likeness (QED) is 0.527. The van der Waals surface area contributed by atoms with Crippen molar-refractivity contribution < 1.29 is 4.74 Å². The van der Waals surface area contributed by atoms with E-state index in [1.807, 2.05) is 0 Å². The first-order chi connectivity index (χ1) is 4.85. The molecule has 2 heteroatoms. The van der Waals surface area contributed by atoms with Crippen molar-refractivity contribution in [3.05, 3.63) is 6.92 Å². The number of nitrogens with zero attached hydrogens (tertiary/aromatic N) is 1. The molecule has 2 heterocycles. The average molecular weight is 140 g/mol. The third-order valence-corrected chi connectivity index (χ3v) is 2.65. The van der Waals surface area contributed by atoms with Gasteiger partial charge in [-0.3, -0.25) is 0 Å². The molecule has 2 aliphatic heterocycles. The van der Waals surface area contributed by atoms with Crippen LogP contribution in [0.1, 0.15) is 6.42 Å². The molecule has 10 heavy (non-hydrogen) atoms. The Kier molecular flexibility index (Phi) is 1.46. The number of ether oxygens (including phenoxy) is 1. The molecule has 2 aliphatic rings. The maximum atomic E-state index is 5.21. The normalized spacial score (nSPS) is 30.9. The van der Waals surface area contributed by atoms with E-state index < -0.39 is 0 Å². The summed E-state index contributed by atoms with van der Waals surface area (Å²) in [7, 11) is 0. The molecule has 0 unspecified atom stereocenters. The van der Waals surface area contributed by atoms with Crippen LogP contribution in [0.4, 0.5) is 0 Å². The molecule has 2 rings (SSSR count). The molecule has 0 bridgehead atoms. The van der Waals surface area contributed by atoms with Crippen LogP contribution in [0.25, 0.3) is 0 Å². The van der Waals surface area contributed by atoms with Gasteiger partial charge in [0.1, 0.15) is 0 Å². The SMILES string of the molecule is [CH2]CN1CCC2(COC2)C1. The van der Waals surface area contributed by atoms with Gasteiger partial charge in [-0.1, -0.05) is 0 Å². The van der Waals surface area contributed by atoms with Crippen LogP contribution in [0.5, 0.6) is 0 Å². The average Bonchev–Trinajstić information content (AvgIpc) is 2.29. The second kappa shape index (κ2) is 2.21. The smallest absolute Gasteiger partial charge is 0.0557 e. The van der Waals surface area contributed by atoms with Gasteiger partial charge in [-0.2, -0.15) is 0 Å². The maximum Gasteiger partial charge on any atom is 0.0557 e. The second-order valence-corrected chi connectivity index (χ2v) is 3.52. The van der Waals surface area contributed by atoms with Crippen LogP contribution < -0.4 is 0 Å². The first kappa shape index (κ1) is 6.62. The molecule has 0 saturated carbocycles. The summed E-state index contributed by atoms with van der Waals surface area (Å²) in [5.41, 5.74) is 0.553. The zero-order valence-electron chi connectivity index (χ0n) is 6.31. The van der Waals surface area contributed by atoms with Crippen LogP contribution in [0.15, 0.2) is 0 Å². The zero-order valence-corrected chi connectivity index (χ0v) is 6.31. The van der Waals surface area contributed by atoms with Crippen molar-refractivity contribution >= 4 is 0 Å². The Balaban J connectivity index is 1.92. The second-order valence-electron chi connectivity index (χ2n) is 3.52. The van der Waals surface area contributed by atoms with Crippen molar-refractivity contribution in [1.82, 2.24) is 4.90 Å². The van der Waals surface area contributed by atoms with Gasteiger partial charge in [0, 0.05) is 12.0 Å². The van der Waals surface area contributed by atoms with Crippen LogP contribution >= 0.6 is 0 Å². The van der Waals surface area contributed by atoms with Crippen LogP contribution in [0.2, 0.25) is 0 Å². The molecule has 2 nitrogen and oxygen atoms in total. The van der Waals surface area contributed by atoms with Crippen molar-refractivity contribution in [3.8, 4) is 0 Å². The molecular weight excluding hydrogens is 126 g/mol. The Labute approximate surface area is 62.2 Å². The fourth-order valence-electron chi connectivity index (χ4n) is 1.84. The summed E-state index contributed by atoms with van der Waals surface area (Å²) < 4.78 is 5.21. The lowest BCUT2D eigenvalue weighted by Crippen LogP contribution is -2.44. The summed E-state index contributed by atoms with van der Waals surface area (Å²) >= 11 is 0. The Morgan fingerprint density at radius 3 is 2.60 bits per heavy atom. The third-order valence-electron chi connectivity index (χ3n) is 2.65. The molecule has 0 aromatic heterocycles. The largest absolute Gasteiger partial charge is 0.380 e.